The summed E-state index contributed by atoms with van der Waals surface area (Å²) in [4.78, 5) is 6.45. The summed E-state index contributed by atoms with van der Waals surface area (Å²) in [5, 5.41) is 9.86. The molecule has 1 aromatic rings. The standard InChI is InChI=1S/C14H22N2O/c1-2-16(10-12-6-8-15-9-7-12)11-13-4-3-5-14(13)17/h6-9,13-14,17H,2-5,10-11H2,1H3. The van der Waals surface area contributed by atoms with Crippen LogP contribution in [0.2, 0.25) is 0 Å². The first-order valence-corrected chi connectivity index (χ1v) is 6.59. The third kappa shape index (κ3) is 3.51. The summed E-state index contributed by atoms with van der Waals surface area (Å²) in [6.07, 6.45) is 6.94. The van der Waals surface area contributed by atoms with E-state index in [1.54, 1.807) is 0 Å². The molecule has 0 aliphatic heterocycles. The molecule has 1 N–H and O–H groups in total. The smallest absolute Gasteiger partial charge is 0.0580 e. The first-order valence-electron chi connectivity index (χ1n) is 6.59. The quantitative estimate of drug-likeness (QED) is 0.847. The van der Waals surface area contributed by atoms with Gasteiger partial charge in [0.2, 0.25) is 0 Å². The van der Waals surface area contributed by atoms with E-state index in [4.69, 9.17) is 0 Å². The van der Waals surface area contributed by atoms with Gasteiger partial charge in [-0.2, -0.15) is 0 Å². The fourth-order valence-corrected chi connectivity index (χ4v) is 2.61. The Morgan fingerprint density at radius 3 is 2.71 bits per heavy atom. The van der Waals surface area contributed by atoms with Crippen molar-refractivity contribution in [3.63, 3.8) is 0 Å². The highest BCUT2D eigenvalue weighted by molar-refractivity contribution is 5.09. The van der Waals surface area contributed by atoms with Crippen molar-refractivity contribution in [2.75, 3.05) is 13.1 Å². The van der Waals surface area contributed by atoms with E-state index in [2.05, 4.69) is 28.9 Å². The fourth-order valence-electron chi connectivity index (χ4n) is 2.61. The summed E-state index contributed by atoms with van der Waals surface area (Å²) >= 11 is 0. The Balaban J connectivity index is 1.88. The molecule has 1 aliphatic carbocycles. The summed E-state index contributed by atoms with van der Waals surface area (Å²) in [6.45, 7) is 5.19. The minimum atomic E-state index is -0.0820. The van der Waals surface area contributed by atoms with Gasteiger partial charge < -0.3 is 5.11 Å². The second-order valence-electron chi connectivity index (χ2n) is 4.94. The molecule has 3 nitrogen and oxygen atoms in total. The lowest BCUT2D eigenvalue weighted by Crippen LogP contribution is -2.32. The predicted molar refractivity (Wildman–Crippen MR) is 68.5 cm³/mol. The van der Waals surface area contributed by atoms with Crippen molar-refractivity contribution in [2.45, 2.75) is 38.8 Å². The normalized spacial score (nSPS) is 24.4. The van der Waals surface area contributed by atoms with E-state index in [-0.39, 0.29) is 6.10 Å². The third-order valence-corrected chi connectivity index (χ3v) is 3.71. The molecule has 0 amide bonds. The monoisotopic (exact) mass is 234 g/mol. The van der Waals surface area contributed by atoms with Crippen molar-refractivity contribution in [1.29, 1.82) is 0 Å². The molecular weight excluding hydrogens is 212 g/mol. The van der Waals surface area contributed by atoms with Crippen molar-refractivity contribution in [3.8, 4) is 0 Å². The molecule has 1 aliphatic rings. The van der Waals surface area contributed by atoms with E-state index < -0.39 is 0 Å². The number of aliphatic hydroxyl groups excluding tert-OH is 1. The number of hydrogen-bond donors (Lipinski definition) is 1. The van der Waals surface area contributed by atoms with Crippen LogP contribution in [0, 0.1) is 5.92 Å². The van der Waals surface area contributed by atoms with Gasteiger partial charge in [-0.25, -0.2) is 0 Å². The van der Waals surface area contributed by atoms with E-state index in [0.717, 1.165) is 26.1 Å². The summed E-state index contributed by atoms with van der Waals surface area (Å²) < 4.78 is 0. The minimum absolute atomic E-state index is 0.0820. The van der Waals surface area contributed by atoms with E-state index in [9.17, 15) is 5.11 Å². The molecule has 17 heavy (non-hydrogen) atoms. The maximum absolute atomic E-state index is 9.86. The highest BCUT2D eigenvalue weighted by Crippen LogP contribution is 2.26. The van der Waals surface area contributed by atoms with Gasteiger partial charge in [0.1, 0.15) is 0 Å². The van der Waals surface area contributed by atoms with E-state index in [1.165, 1.54) is 18.4 Å². The van der Waals surface area contributed by atoms with Gasteiger partial charge in [-0.1, -0.05) is 13.3 Å². The number of aliphatic hydroxyl groups is 1. The Morgan fingerprint density at radius 2 is 2.12 bits per heavy atom. The maximum Gasteiger partial charge on any atom is 0.0580 e. The number of pyridine rings is 1. The van der Waals surface area contributed by atoms with Gasteiger partial charge in [0.25, 0.3) is 0 Å². The van der Waals surface area contributed by atoms with Gasteiger partial charge in [-0.15, -0.1) is 0 Å². The van der Waals surface area contributed by atoms with Gasteiger partial charge >= 0.3 is 0 Å². The average Bonchev–Trinajstić information content (AvgIpc) is 2.75. The Bertz CT molecular complexity index is 328. The Hall–Kier alpha value is -0.930. The van der Waals surface area contributed by atoms with Crippen LogP contribution in [0.15, 0.2) is 24.5 Å². The van der Waals surface area contributed by atoms with Crippen LogP contribution in [0.3, 0.4) is 0 Å². The molecule has 1 aromatic heterocycles. The van der Waals surface area contributed by atoms with E-state index in [1.807, 2.05) is 12.4 Å². The average molecular weight is 234 g/mol. The molecule has 0 spiro atoms. The summed E-state index contributed by atoms with van der Waals surface area (Å²) in [5.74, 6) is 0.469. The van der Waals surface area contributed by atoms with Gasteiger partial charge in [-0.3, -0.25) is 9.88 Å². The zero-order valence-corrected chi connectivity index (χ0v) is 10.5. The van der Waals surface area contributed by atoms with Crippen molar-refractivity contribution < 1.29 is 5.11 Å². The van der Waals surface area contributed by atoms with Crippen molar-refractivity contribution in [2.24, 2.45) is 5.92 Å². The summed E-state index contributed by atoms with van der Waals surface area (Å²) in [7, 11) is 0. The molecular formula is C14H22N2O. The molecule has 0 aromatic carbocycles. The van der Waals surface area contributed by atoms with Crippen LogP contribution >= 0.6 is 0 Å². The number of rotatable bonds is 5. The molecule has 1 saturated carbocycles. The lowest BCUT2D eigenvalue weighted by molar-refractivity contribution is 0.101. The molecule has 2 rings (SSSR count). The van der Waals surface area contributed by atoms with Gasteiger partial charge in [0.15, 0.2) is 0 Å². The van der Waals surface area contributed by atoms with E-state index >= 15 is 0 Å². The zero-order valence-electron chi connectivity index (χ0n) is 10.5. The van der Waals surface area contributed by atoms with Crippen LogP contribution in [0.25, 0.3) is 0 Å². The molecule has 1 fully saturated rings. The van der Waals surface area contributed by atoms with Crippen LogP contribution in [0.1, 0.15) is 31.7 Å². The molecule has 3 heteroatoms. The number of nitrogens with zero attached hydrogens (tertiary/aromatic N) is 2. The summed E-state index contributed by atoms with van der Waals surface area (Å²) in [5.41, 5.74) is 1.30. The molecule has 2 unspecified atom stereocenters. The SMILES string of the molecule is CCN(Cc1ccncc1)CC1CCCC1O. The van der Waals surface area contributed by atoms with Gasteiger partial charge in [0.05, 0.1) is 6.10 Å². The van der Waals surface area contributed by atoms with Crippen molar-refractivity contribution >= 4 is 0 Å². The Labute approximate surface area is 103 Å². The van der Waals surface area contributed by atoms with Crippen LogP contribution in [0.4, 0.5) is 0 Å². The van der Waals surface area contributed by atoms with Gasteiger partial charge in [0, 0.05) is 25.5 Å². The predicted octanol–water partition coefficient (Wildman–Crippen LogP) is 2.06. The third-order valence-electron chi connectivity index (χ3n) is 3.71. The van der Waals surface area contributed by atoms with Crippen LogP contribution in [-0.2, 0) is 6.54 Å². The molecule has 0 radical (unpaired) electrons. The Morgan fingerprint density at radius 1 is 1.35 bits per heavy atom. The molecule has 0 bridgehead atoms. The lowest BCUT2D eigenvalue weighted by atomic mass is 10.1. The van der Waals surface area contributed by atoms with E-state index in [0.29, 0.717) is 5.92 Å². The van der Waals surface area contributed by atoms with Crippen molar-refractivity contribution in [1.82, 2.24) is 9.88 Å². The zero-order chi connectivity index (χ0) is 12.1. The first-order chi connectivity index (χ1) is 8.29. The fraction of sp³-hybridized carbons (Fsp3) is 0.643. The lowest BCUT2D eigenvalue weighted by Gasteiger charge is -2.25. The largest absolute Gasteiger partial charge is 0.393 e. The number of aromatic nitrogens is 1. The number of hydrogen-bond acceptors (Lipinski definition) is 3. The molecule has 1 heterocycles. The summed E-state index contributed by atoms with van der Waals surface area (Å²) in [6, 6.07) is 4.13. The highest BCUT2D eigenvalue weighted by Gasteiger charge is 2.26. The van der Waals surface area contributed by atoms with Crippen LogP contribution in [0.5, 0.6) is 0 Å². The molecule has 94 valence electrons. The minimum Gasteiger partial charge on any atom is -0.393 e. The molecule has 0 saturated heterocycles. The first kappa shape index (κ1) is 12.5. The topological polar surface area (TPSA) is 36.4 Å². The highest BCUT2D eigenvalue weighted by atomic mass is 16.3. The van der Waals surface area contributed by atoms with Crippen LogP contribution < -0.4 is 0 Å². The van der Waals surface area contributed by atoms with Gasteiger partial charge in [-0.05, 0) is 43.0 Å². The maximum atomic E-state index is 9.86. The van der Waals surface area contributed by atoms with Crippen LogP contribution in [-0.4, -0.2) is 34.2 Å². The molecule has 2 atom stereocenters. The second-order valence-corrected chi connectivity index (χ2v) is 4.94. The van der Waals surface area contributed by atoms with Crippen molar-refractivity contribution in [3.05, 3.63) is 30.1 Å². The Kier molecular flexibility index (Phi) is 4.51. The second kappa shape index (κ2) is 6.12.